The molecule has 0 bridgehead atoms. The quantitative estimate of drug-likeness (QED) is 0.0682. The van der Waals surface area contributed by atoms with Gasteiger partial charge in [-0.1, -0.05) is 266 Å². The van der Waals surface area contributed by atoms with Gasteiger partial charge in [-0.25, -0.2) is 0 Å². The maximum absolute atomic E-state index is 10.8. The minimum absolute atomic E-state index is 0.0411. The highest BCUT2D eigenvalue weighted by Crippen LogP contribution is 2.43. The van der Waals surface area contributed by atoms with E-state index in [1.54, 1.807) is 0 Å². The van der Waals surface area contributed by atoms with E-state index in [9.17, 15) is 5.11 Å². The summed E-state index contributed by atoms with van der Waals surface area (Å²) in [5.74, 6) is 0.474. The van der Waals surface area contributed by atoms with Crippen LogP contribution in [0.2, 0.25) is 0 Å². The molecule has 0 amide bonds. The van der Waals surface area contributed by atoms with Crippen molar-refractivity contribution in [3.8, 4) is 5.75 Å². The first-order chi connectivity index (χ1) is 24.8. The van der Waals surface area contributed by atoms with Gasteiger partial charge in [0.05, 0.1) is 0 Å². The van der Waals surface area contributed by atoms with Gasteiger partial charge in [0, 0.05) is 0 Å². The predicted octanol–water partition coefficient (Wildman–Crippen LogP) is 18.0. The number of rotatable bonds is 37. The molecule has 51 heavy (non-hydrogen) atoms. The Morgan fingerprint density at radius 3 is 0.941 bits per heavy atom. The molecule has 0 saturated carbocycles. The predicted molar refractivity (Wildman–Crippen MR) is 232 cm³/mol. The summed E-state index contributed by atoms with van der Waals surface area (Å²) in [6.45, 7) is 13.8. The van der Waals surface area contributed by atoms with E-state index in [1.807, 2.05) is 6.07 Å². The molecule has 0 aliphatic rings. The molecular weight excluding hydrogens is 617 g/mol. The number of benzene rings is 1. The van der Waals surface area contributed by atoms with Gasteiger partial charge >= 0.3 is 0 Å². The lowest BCUT2D eigenvalue weighted by atomic mass is 9.68. The molecule has 1 nitrogen and oxygen atoms in total. The first kappa shape index (κ1) is 48.0. The van der Waals surface area contributed by atoms with Crippen molar-refractivity contribution < 1.29 is 5.11 Å². The molecule has 0 aromatic heterocycles. The number of aromatic hydroxyl groups is 1. The van der Waals surface area contributed by atoms with Crippen molar-refractivity contribution in [1.29, 1.82) is 0 Å². The summed E-state index contributed by atoms with van der Waals surface area (Å²) in [6, 6.07) is 6.71. The zero-order chi connectivity index (χ0) is 37.3. The van der Waals surface area contributed by atoms with Crippen molar-refractivity contribution in [2.24, 2.45) is 0 Å². The summed E-state index contributed by atoms with van der Waals surface area (Å²) in [4.78, 5) is 0. The van der Waals surface area contributed by atoms with Gasteiger partial charge in [-0.2, -0.15) is 0 Å². The Labute approximate surface area is 322 Å². The number of hydrogen-bond donors (Lipinski definition) is 1. The molecular formula is C50H94O. The Morgan fingerprint density at radius 2 is 0.667 bits per heavy atom. The normalized spacial score (nSPS) is 12.3. The number of hydrogen-bond acceptors (Lipinski definition) is 1. The third-order valence-corrected chi connectivity index (χ3v) is 12.2. The number of phenolic OH excluding ortho intramolecular Hbond substituents is 1. The van der Waals surface area contributed by atoms with Crippen LogP contribution in [0.1, 0.15) is 284 Å². The van der Waals surface area contributed by atoms with E-state index >= 15 is 0 Å². The van der Waals surface area contributed by atoms with Crippen LogP contribution in [0.15, 0.2) is 18.2 Å². The highest BCUT2D eigenvalue weighted by molar-refractivity contribution is 5.43. The summed E-state index contributed by atoms with van der Waals surface area (Å²) in [5, 5.41) is 10.8. The molecule has 0 atom stereocenters. The van der Waals surface area contributed by atoms with Crippen LogP contribution in [0.3, 0.4) is 0 Å². The molecule has 0 saturated heterocycles. The lowest BCUT2D eigenvalue weighted by Gasteiger charge is -2.36. The van der Waals surface area contributed by atoms with Crippen LogP contribution in [-0.4, -0.2) is 5.11 Å². The molecule has 0 heterocycles. The molecule has 0 unspecified atom stereocenters. The van der Waals surface area contributed by atoms with E-state index in [2.05, 4.69) is 53.7 Å². The van der Waals surface area contributed by atoms with Gasteiger partial charge in [0.25, 0.3) is 0 Å². The van der Waals surface area contributed by atoms with Crippen molar-refractivity contribution in [2.45, 2.75) is 284 Å². The molecule has 300 valence electrons. The second kappa shape index (κ2) is 32.5. The standard InChI is InChI=1S/C50H94O/c1-7-10-12-14-16-18-20-22-24-26-28-30-32-34-36-38-43-50(42-9-3,46-40-41-48(51)47(45-46)49(4,5)6)44-39-37-35-33-31-29-27-25-23-21-19-17-15-13-11-8-2/h40-41,45,51H,7-39,42-44H2,1-6H3. The molecule has 0 aliphatic heterocycles. The topological polar surface area (TPSA) is 20.2 Å². The van der Waals surface area contributed by atoms with Crippen LogP contribution < -0.4 is 0 Å². The van der Waals surface area contributed by atoms with Crippen LogP contribution in [0, 0.1) is 0 Å². The van der Waals surface area contributed by atoms with E-state index in [0.29, 0.717) is 5.75 Å². The van der Waals surface area contributed by atoms with Gasteiger partial charge < -0.3 is 5.11 Å². The van der Waals surface area contributed by atoms with Crippen LogP contribution in [0.25, 0.3) is 0 Å². The summed E-state index contributed by atoms with van der Waals surface area (Å²) in [6.07, 6.45) is 50.9. The Hall–Kier alpha value is -0.980. The SMILES string of the molecule is CCCCCCCCCCCCCCCCCCC(CCC)(CCCCCCCCCCCCCCCCCC)c1ccc(O)c(C(C)(C)C)c1. The average molecular weight is 711 g/mol. The monoisotopic (exact) mass is 711 g/mol. The molecule has 1 rings (SSSR count). The van der Waals surface area contributed by atoms with E-state index in [1.165, 1.54) is 237 Å². The highest BCUT2D eigenvalue weighted by atomic mass is 16.3. The lowest BCUT2D eigenvalue weighted by molar-refractivity contribution is 0.306. The summed E-state index contributed by atoms with van der Waals surface area (Å²) >= 11 is 0. The van der Waals surface area contributed by atoms with Gasteiger partial charge in [-0.3, -0.25) is 0 Å². The minimum atomic E-state index is -0.0411. The molecule has 0 radical (unpaired) electrons. The Bertz CT molecular complexity index is 842. The Kier molecular flexibility index (Phi) is 30.6. The third kappa shape index (κ3) is 24.9. The van der Waals surface area contributed by atoms with Gasteiger partial charge in [0.1, 0.15) is 5.75 Å². The molecule has 1 heteroatoms. The fourth-order valence-electron chi connectivity index (χ4n) is 8.78. The molecule has 1 N–H and O–H groups in total. The van der Waals surface area contributed by atoms with Crippen LogP contribution >= 0.6 is 0 Å². The van der Waals surface area contributed by atoms with Crippen molar-refractivity contribution >= 4 is 0 Å². The maximum atomic E-state index is 10.8. The van der Waals surface area contributed by atoms with E-state index < -0.39 is 0 Å². The van der Waals surface area contributed by atoms with Crippen molar-refractivity contribution in [1.82, 2.24) is 0 Å². The van der Waals surface area contributed by atoms with Gasteiger partial charge in [-0.05, 0) is 47.3 Å². The third-order valence-electron chi connectivity index (χ3n) is 12.2. The van der Waals surface area contributed by atoms with Gasteiger partial charge in [0.2, 0.25) is 0 Å². The largest absolute Gasteiger partial charge is 0.508 e. The maximum Gasteiger partial charge on any atom is 0.119 e. The fourth-order valence-corrected chi connectivity index (χ4v) is 8.78. The first-order valence-corrected chi connectivity index (χ1v) is 23.6. The summed E-state index contributed by atoms with van der Waals surface area (Å²) in [7, 11) is 0. The summed E-state index contributed by atoms with van der Waals surface area (Å²) < 4.78 is 0. The highest BCUT2D eigenvalue weighted by Gasteiger charge is 2.32. The second-order valence-corrected chi connectivity index (χ2v) is 18.1. The van der Waals surface area contributed by atoms with Crippen LogP contribution in [0.4, 0.5) is 0 Å². The average Bonchev–Trinajstić information content (AvgIpc) is 3.10. The van der Waals surface area contributed by atoms with Crippen molar-refractivity contribution in [3.05, 3.63) is 29.3 Å². The fraction of sp³-hybridized carbons (Fsp3) is 0.880. The van der Waals surface area contributed by atoms with Crippen LogP contribution in [-0.2, 0) is 10.8 Å². The Morgan fingerprint density at radius 1 is 0.373 bits per heavy atom. The smallest absolute Gasteiger partial charge is 0.119 e. The van der Waals surface area contributed by atoms with E-state index in [0.717, 1.165) is 5.56 Å². The van der Waals surface area contributed by atoms with Crippen molar-refractivity contribution in [2.75, 3.05) is 0 Å². The number of phenols is 1. The molecule has 0 spiro atoms. The lowest BCUT2D eigenvalue weighted by Crippen LogP contribution is -2.27. The number of unbranched alkanes of at least 4 members (excludes halogenated alkanes) is 30. The first-order valence-electron chi connectivity index (χ1n) is 23.6. The van der Waals surface area contributed by atoms with E-state index in [4.69, 9.17) is 0 Å². The zero-order valence-corrected chi connectivity index (χ0v) is 36.1. The van der Waals surface area contributed by atoms with Crippen LogP contribution in [0.5, 0.6) is 5.75 Å². The molecule has 0 fully saturated rings. The minimum Gasteiger partial charge on any atom is -0.508 e. The van der Waals surface area contributed by atoms with Crippen molar-refractivity contribution in [3.63, 3.8) is 0 Å². The molecule has 1 aromatic rings. The molecule has 1 aromatic carbocycles. The zero-order valence-electron chi connectivity index (χ0n) is 36.1. The van der Waals surface area contributed by atoms with E-state index in [-0.39, 0.29) is 10.8 Å². The summed E-state index contributed by atoms with van der Waals surface area (Å²) in [5.41, 5.74) is 2.85. The molecule has 0 aliphatic carbocycles. The second-order valence-electron chi connectivity index (χ2n) is 18.1. The van der Waals surface area contributed by atoms with Gasteiger partial charge in [0.15, 0.2) is 0 Å². The van der Waals surface area contributed by atoms with Gasteiger partial charge in [-0.15, -0.1) is 0 Å². The Balaban J connectivity index is 2.44.